The van der Waals surface area contributed by atoms with Crippen LogP contribution in [0.2, 0.25) is 10.3 Å². The summed E-state index contributed by atoms with van der Waals surface area (Å²) < 4.78 is 0. The number of hydrogen-bond donors (Lipinski definition) is 0. The summed E-state index contributed by atoms with van der Waals surface area (Å²) in [5.74, 6) is -0.418. The molecular weight excluding hydrogens is 239 g/mol. The molecule has 0 aliphatic rings. The van der Waals surface area contributed by atoms with E-state index < -0.39 is 5.91 Å². The molecule has 1 amide bonds. The first kappa shape index (κ1) is 11.7. The van der Waals surface area contributed by atoms with Gasteiger partial charge in [-0.2, -0.15) is 5.26 Å². The molecule has 0 aliphatic heterocycles. The Bertz CT molecular complexity index is 429. The maximum absolute atomic E-state index is 11.7. The number of nitriles is 1. The van der Waals surface area contributed by atoms with Crippen molar-refractivity contribution in [2.24, 2.45) is 0 Å². The van der Waals surface area contributed by atoms with Crippen molar-refractivity contribution in [3.05, 3.63) is 21.9 Å². The third kappa shape index (κ3) is 2.78. The molecule has 0 saturated heterocycles. The number of carbonyl (C=O) groups is 1. The molecule has 1 aromatic rings. The number of rotatable bonds is 2. The first-order valence-corrected chi connectivity index (χ1v) is 4.63. The summed E-state index contributed by atoms with van der Waals surface area (Å²) in [4.78, 5) is 12.9. The molecule has 0 spiro atoms. The van der Waals surface area contributed by atoms with E-state index in [1.807, 2.05) is 6.07 Å². The molecule has 15 heavy (non-hydrogen) atoms. The normalized spacial score (nSPS) is 9.47. The lowest BCUT2D eigenvalue weighted by molar-refractivity contribution is 0.0811. The van der Waals surface area contributed by atoms with Crippen molar-refractivity contribution in [1.29, 1.82) is 5.26 Å². The zero-order valence-corrected chi connectivity index (χ0v) is 9.25. The Labute approximate surface area is 96.2 Å². The molecule has 7 heteroatoms. The van der Waals surface area contributed by atoms with Gasteiger partial charge in [0, 0.05) is 7.05 Å². The monoisotopic (exact) mass is 244 g/mol. The van der Waals surface area contributed by atoms with Gasteiger partial charge in [-0.3, -0.25) is 4.79 Å². The molecule has 78 valence electrons. The highest BCUT2D eigenvalue weighted by molar-refractivity contribution is 6.34. The first-order chi connectivity index (χ1) is 7.06. The minimum Gasteiger partial charge on any atom is -0.328 e. The first-order valence-electron chi connectivity index (χ1n) is 3.87. The maximum atomic E-state index is 11.7. The number of nitrogens with zero attached hydrogens (tertiary/aromatic N) is 4. The fourth-order valence-electron chi connectivity index (χ4n) is 0.887. The Morgan fingerprint density at radius 3 is 2.87 bits per heavy atom. The number of amides is 1. The van der Waals surface area contributed by atoms with E-state index in [1.165, 1.54) is 18.0 Å². The third-order valence-corrected chi connectivity index (χ3v) is 2.07. The highest BCUT2D eigenvalue weighted by atomic mass is 35.5. The highest BCUT2D eigenvalue weighted by Gasteiger charge is 2.16. The predicted molar refractivity (Wildman–Crippen MR) is 54.6 cm³/mol. The Balaban J connectivity index is 3.01. The fraction of sp³-hybridized carbons (Fsp3) is 0.250. The second-order valence-corrected chi connectivity index (χ2v) is 3.44. The smallest absolute Gasteiger partial charge is 0.257 e. The van der Waals surface area contributed by atoms with Gasteiger partial charge in [-0.15, -0.1) is 10.2 Å². The van der Waals surface area contributed by atoms with Crippen LogP contribution >= 0.6 is 23.2 Å². The van der Waals surface area contributed by atoms with Gasteiger partial charge in [0.05, 0.1) is 11.6 Å². The van der Waals surface area contributed by atoms with Crippen LogP contribution in [0.1, 0.15) is 10.4 Å². The predicted octanol–water partition coefficient (Wildman–Crippen LogP) is 1.38. The van der Waals surface area contributed by atoms with Gasteiger partial charge in [0.25, 0.3) is 5.91 Å². The highest BCUT2D eigenvalue weighted by Crippen LogP contribution is 2.16. The molecule has 0 unspecified atom stereocenters. The largest absolute Gasteiger partial charge is 0.328 e. The van der Waals surface area contributed by atoms with E-state index in [-0.39, 0.29) is 22.4 Å². The average Bonchev–Trinajstić information content (AvgIpc) is 2.21. The SMILES string of the molecule is CN(CC#N)C(=O)c1cc(Cl)nnc1Cl. The number of hydrogen-bond acceptors (Lipinski definition) is 4. The van der Waals surface area contributed by atoms with Crippen LogP contribution in [0.15, 0.2) is 6.07 Å². The lowest BCUT2D eigenvalue weighted by Gasteiger charge is -2.13. The van der Waals surface area contributed by atoms with Crippen molar-refractivity contribution in [2.45, 2.75) is 0 Å². The van der Waals surface area contributed by atoms with E-state index in [4.69, 9.17) is 28.5 Å². The number of halogens is 2. The quantitative estimate of drug-likeness (QED) is 0.738. The van der Waals surface area contributed by atoms with Crippen molar-refractivity contribution >= 4 is 29.1 Å². The van der Waals surface area contributed by atoms with Crippen LogP contribution in [0.25, 0.3) is 0 Å². The van der Waals surface area contributed by atoms with Crippen molar-refractivity contribution in [3.8, 4) is 6.07 Å². The molecule has 1 aromatic heterocycles. The van der Waals surface area contributed by atoms with Crippen molar-refractivity contribution in [1.82, 2.24) is 15.1 Å². The zero-order valence-electron chi connectivity index (χ0n) is 7.74. The molecular formula is C8H6Cl2N4O. The minimum atomic E-state index is -0.418. The van der Waals surface area contributed by atoms with Crippen LogP contribution in [0.5, 0.6) is 0 Å². The molecule has 0 saturated carbocycles. The van der Waals surface area contributed by atoms with Crippen molar-refractivity contribution in [3.63, 3.8) is 0 Å². The van der Waals surface area contributed by atoms with Crippen LogP contribution in [-0.2, 0) is 0 Å². The molecule has 0 aromatic carbocycles. The lowest BCUT2D eigenvalue weighted by atomic mass is 10.3. The lowest BCUT2D eigenvalue weighted by Crippen LogP contribution is -2.27. The number of carbonyl (C=O) groups excluding carboxylic acids is 1. The van der Waals surface area contributed by atoms with Gasteiger partial charge in [-0.25, -0.2) is 0 Å². The standard InChI is InChI=1S/C8H6Cl2N4O/c1-14(3-2-11)8(15)5-4-6(9)12-13-7(5)10/h4H,3H2,1H3. The van der Waals surface area contributed by atoms with Crippen LogP contribution < -0.4 is 0 Å². The van der Waals surface area contributed by atoms with Gasteiger partial charge in [0.1, 0.15) is 6.54 Å². The molecule has 0 radical (unpaired) electrons. The van der Waals surface area contributed by atoms with Crippen LogP contribution in [0.3, 0.4) is 0 Å². The topological polar surface area (TPSA) is 69.9 Å². The Hall–Kier alpha value is -1.38. The van der Waals surface area contributed by atoms with Crippen LogP contribution in [-0.4, -0.2) is 34.6 Å². The van der Waals surface area contributed by atoms with Crippen LogP contribution in [0, 0.1) is 11.3 Å². The number of aromatic nitrogens is 2. The van der Waals surface area contributed by atoms with Gasteiger partial charge in [0.15, 0.2) is 10.3 Å². The Morgan fingerprint density at radius 1 is 1.60 bits per heavy atom. The van der Waals surface area contributed by atoms with Gasteiger partial charge in [-0.1, -0.05) is 23.2 Å². The summed E-state index contributed by atoms with van der Waals surface area (Å²) in [5, 5.41) is 15.4. The summed E-state index contributed by atoms with van der Waals surface area (Å²) in [6.45, 7) is -0.0326. The maximum Gasteiger partial charge on any atom is 0.257 e. The van der Waals surface area contributed by atoms with E-state index in [0.717, 1.165) is 0 Å². The molecule has 1 heterocycles. The summed E-state index contributed by atoms with van der Waals surface area (Å²) in [7, 11) is 1.48. The zero-order chi connectivity index (χ0) is 11.4. The van der Waals surface area contributed by atoms with Crippen molar-refractivity contribution in [2.75, 3.05) is 13.6 Å². The summed E-state index contributed by atoms with van der Waals surface area (Å²) in [6, 6.07) is 3.16. The third-order valence-electron chi connectivity index (χ3n) is 1.60. The molecule has 0 N–H and O–H groups in total. The van der Waals surface area contributed by atoms with E-state index in [1.54, 1.807) is 0 Å². The molecule has 5 nitrogen and oxygen atoms in total. The summed E-state index contributed by atoms with van der Waals surface area (Å²) in [5.41, 5.74) is 0.134. The molecule has 0 bridgehead atoms. The second kappa shape index (κ2) is 4.91. The molecule has 0 fully saturated rings. The van der Waals surface area contributed by atoms with Gasteiger partial charge in [-0.05, 0) is 6.07 Å². The summed E-state index contributed by atoms with van der Waals surface area (Å²) in [6.07, 6.45) is 0. The van der Waals surface area contributed by atoms with E-state index >= 15 is 0 Å². The van der Waals surface area contributed by atoms with E-state index in [0.29, 0.717) is 0 Å². The van der Waals surface area contributed by atoms with Gasteiger partial charge in [0.2, 0.25) is 0 Å². The molecule has 0 atom stereocenters. The molecule has 0 aliphatic carbocycles. The summed E-state index contributed by atoms with van der Waals surface area (Å²) >= 11 is 11.2. The van der Waals surface area contributed by atoms with Gasteiger partial charge < -0.3 is 4.90 Å². The van der Waals surface area contributed by atoms with Gasteiger partial charge >= 0.3 is 0 Å². The van der Waals surface area contributed by atoms with E-state index in [9.17, 15) is 4.79 Å². The van der Waals surface area contributed by atoms with Crippen molar-refractivity contribution < 1.29 is 4.79 Å². The van der Waals surface area contributed by atoms with E-state index in [2.05, 4.69) is 10.2 Å². The molecule has 1 rings (SSSR count). The Morgan fingerprint density at radius 2 is 2.27 bits per heavy atom. The second-order valence-electron chi connectivity index (χ2n) is 2.69. The Kier molecular flexibility index (Phi) is 3.83. The average molecular weight is 245 g/mol. The fourth-order valence-corrected chi connectivity index (χ4v) is 1.21. The minimum absolute atomic E-state index is 0.0326. The van der Waals surface area contributed by atoms with Crippen LogP contribution in [0.4, 0.5) is 0 Å².